The number of amides is 1. The normalized spacial score (nSPS) is 19.7. The smallest absolute Gasteiger partial charge is 0.220 e. The van der Waals surface area contributed by atoms with Gasteiger partial charge in [-0.15, -0.1) is 0 Å². The Bertz CT molecular complexity index is 424. The first-order valence-electron chi connectivity index (χ1n) is 8.20. The first-order valence-corrected chi connectivity index (χ1v) is 8.20. The highest BCUT2D eigenvalue weighted by Gasteiger charge is 2.19. The van der Waals surface area contributed by atoms with Crippen LogP contribution in [0.25, 0.3) is 0 Å². The van der Waals surface area contributed by atoms with E-state index in [4.69, 9.17) is 0 Å². The predicted molar refractivity (Wildman–Crippen MR) is 87.0 cm³/mol. The molecule has 0 spiro atoms. The first kappa shape index (κ1) is 16.0. The maximum Gasteiger partial charge on any atom is 0.220 e. The highest BCUT2D eigenvalue weighted by atomic mass is 16.1. The van der Waals surface area contributed by atoms with Crippen LogP contribution in [-0.4, -0.2) is 19.0 Å². The Labute approximate surface area is 128 Å². The lowest BCUT2D eigenvalue weighted by molar-refractivity contribution is -0.122. The predicted octanol–water partition coefficient (Wildman–Crippen LogP) is 3.28. The van der Waals surface area contributed by atoms with Crippen molar-refractivity contribution < 1.29 is 4.79 Å². The van der Waals surface area contributed by atoms with Crippen LogP contribution in [-0.2, 0) is 4.79 Å². The largest absolute Gasteiger partial charge is 0.349 e. The molecule has 0 aliphatic carbocycles. The molecule has 2 rings (SSSR count). The van der Waals surface area contributed by atoms with Gasteiger partial charge < -0.3 is 10.6 Å². The third-order valence-corrected chi connectivity index (χ3v) is 4.19. The van der Waals surface area contributed by atoms with Gasteiger partial charge in [-0.3, -0.25) is 4.79 Å². The summed E-state index contributed by atoms with van der Waals surface area (Å²) < 4.78 is 0. The van der Waals surface area contributed by atoms with E-state index in [2.05, 4.69) is 36.6 Å². The first-order chi connectivity index (χ1) is 10.1. The molecule has 1 aromatic rings. The molecule has 1 aliphatic rings. The molecule has 1 aromatic carbocycles. The van der Waals surface area contributed by atoms with Gasteiger partial charge in [-0.05, 0) is 49.8 Å². The molecule has 1 aliphatic heterocycles. The average Bonchev–Trinajstić information content (AvgIpc) is 2.98. The van der Waals surface area contributed by atoms with Gasteiger partial charge in [0.2, 0.25) is 5.91 Å². The van der Waals surface area contributed by atoms with E-state index in [1.54, 1.807) is 0 Å². The Kier molecular flexibility index (Phi) is 6.24. The standard InChI is InChI=1S/C18H28N2O/c1-14(2)12-17(16-6-4-3-5-7-16)20-18(21)9-8-15-10-11-19-13-15/h3-7,14-15,17,19H,8-13H2,1-2H3,(H,20,21). The van der Waals surface area contributed by atoms with Gasteiger partial charge in [0.05, 0.1) is 6.04 Å². The maximum atomic E-state index is 12.2. The molecule has 1 amide bonds. The molecule has 2 N–H and O–H groups in total. The minimum Gasteiger partial charge on any atom is -0.349 e. The lowest BCUT2D eigenvalue weighted by Crippen LogP contribution is -2.29. The molecule has 0 aromatic heterocycles. The van der Waals surface area contributed by atoms with Crippen molar-refractivity contribution in [3.63, 3.8) is 0 Å². The lowest BCUT2D eigenvalue weighted by atomic mass is 9.96. The van der Waals surface area contributed by atoms with Gasteiger partial charge in [0.25, 0.3) is 0 Å². The maximum absolute atomic E-state index is 12.2. The van der Waals surface area contributed by atoms with E-state index in [-0.39, 0.29) is 11.9 Å². The van der Waals surface area contributed by atoms with Gasteiger partial charge in [0, 0.05) is 6.42 Å². The lowest BCUT2D eigenvalue weighted by Gasteiger charge is -2.21. The highest BCUT2D eigenvalue weighted by molar-refractivity contribution is 5.76. The van der Waals surface area contributed by atoms with Crippen molar-refractivity contribution in [1.29, 1.82) is 0 Å². The van der Waals surface area contributed by atoms with Gasteiger partial charge in [-0.1, -0.05) is 44.2 Å². The number of rotatable bonds is 7. The van der Waals surface area contributed by atoms with Crippen molar-refractivity contribution in [3.05, 3.63) is 35.9 Å². The molecule has 1 heterocycles. The molecule has 0 bridgehead atoms. The van der Waals surface area contributed by atoms with Gasteiger partial charge in [0.1, 0.15) is 0 Å². The van der Waals surface area contributed by atoms with Crippen molar-refractivity contribution in [2.45, 2.75) is 45.6 Å². The molecule has 0 radical (unpaired) electrons. The van der Waals surface area contributed by atoms with Crippen molar-refractivity contribution in [2.75, 3.05) is 13.1 Å². The Balaban J connectivity index is 1.86. The molecular formula is C18H28N2O. The van der Waals surface area contributed by atoms with Crippen LogP contribution in [0.1, 0.15) is 51.1 Å². The van der Waals surface area contributed by atoms with Gasteiger partial charge in [-0.2, -0.15) is 0 Å². The fourth-order valence-electron chi connectivity index (χ4n) is 3.00. The summed E-state index contributed by atoms with van der Waals surface area (Å²) in [6.07, 6.45) is 3.85. The molecule has 1 saturated heterocycles. The Morgan fingerprint density at radius 2 is 2.10 bits per heavy atom. The number of hydrogen-bond acceptors (Lipinski definition) is 2. The molecule has 21 heavy (non-hydrogen) atoms. The van der Waals surface area contributed by atoms with Gasteiger partial charge >= 0.3 is 0 Å². The number of carbonyl (C=O) groups excluding carboxylic acids is 1. The van der Waals surface area contributed by atoms with Crippen LogP contribution >= 0.6 is 0 Å². The summed E-state index contributed by atoms with van der Waals surface area (Å²) in [6, 6.07) is 10.5. The van der Waals surface area contributed by atoms with Crippen LogP contribution in [0.5, 0.6) is 0 Å². The van der Waals surface area contributed by atoms with E-state index < -0.39 is 0 Å². The highest BCUT2D eigenvalue weighted by Crippen LogP contribution is 2.22. The van der Waals surface area contributed by atoms with E-state index in [9.17, 15) is 4.79 Å². The van der Waals surface area contributed by atoms with Crippen molar-refractivity contribution >= 4 is 5.91 Å². The average molecular weight is 288 g/mol. The second-order valence-corrected chi connectivity index (χ2v) is 6.56. The molecule has 2 atom stereocenters. The summed E-state index contributed by atoms with van der Waals surface area (Å²) in [5, 5.41) is 6.59. The molecule has 3 nitrogen and oxygen atoms in total. The fourth-order valence-corrected chi connectivity index (χ4v) is 3.00. The topological polar surface area (TPSA) is 41.1 Å². The van der Waals surface area contributed by atoms with E-state index >= 15 is 0 Å². The molecule has 0 saturated carbocycles. The minimum atomic E-state index is 0.139. The van der Waals surface area contributed by atoms with Crippen LogP contribution in [0.2, 0.25) is 0 Å². The van der Waals surface area contributed by atoms with Crippen LogP contribution < -0.4 is 10.6 Å². The Morgan fingerprint density at radius 1 is 1.33 bits per heavy atom. The number of carbonyl (C=O) groups is 1. The number of nitrogens with one attached hydrogen (secondary N) is 2. The van der Waals surface area contributed by atoms with Crippen LogP contribution in [0, 0.1) is 11.8 Å². The zero-order valence-corrected chi connectivity index (χ0v) is 13.3. The molecule has 3 heteroatoms. The molecule has 1 fully saturated rings. The van der Waals surface area contributed by atoms with Crippen LogP contribution in [0.4, 0.5) is 0 Å². The van der Waals surface area contributed by atoms with Crippen molar-refractivity contribution in [3.8, 4) is 0 Å². The van der Waals surface area contributed by atoms with E-state index in [0.717, 1.165) is 25.9 Å². The zero-order valence-electron chi connectivity index (χ0n) is 13.3. The summed E-state index contributed by atoms with van der Waals surface area (Å²) in [4.78, 5) is 12.2. The van der Waals surface area contributed by atoms with E-state index in [1.165, 1.54) is 12.0 Å². The third-order valence-electron chi connectivity index (χ3n) is 4.19. The Hall–Kier alpha value is -1.35. The van der Waals surface area contributed by atoms with Gasteiger partial charge in [0.15, 0.2) is 0 Å². The van der Waals surface area contributed by atoms with E-state index in [1.807, 2.05) is 18.2 Å². The Morgan fingerprint density at radius 3 is 2.71 bits per heavy atom. The summed E-state index contributed by atoms with van der Waals surface area (Å²) >= 11 is 0. The second-order valence-electron chi connectivity index (χ2n) is 6.56. The molecule has 116 valence electrons. The summed E-state index contributed by atoms with van der Waals surface area (Å²) in [5.74, 6) is 1.43. The minimum absolute atomic E-state index is 0.139. The van der Waals surface area contributed by atoms with E-state index in [0.29, 0.717) is 18.3 Å². The summed E-state index contributed by atoms with van der Waals surface area (Å²) in [7, 11) is 0. The molecule has 2 unspecified atom stereocenters. The quantitative estimate of drug-likeness (QED) is 0.808. The molecular weight excluding hydrogens is 260 g/mol. The van der Waals surface area contributed by atoms with Gasteiger partial charge in [-0.25, -0.2) is 0 Å². The number of benzene rings is 1. The third kappa shape index (κ3) is 5.50. The van der Waals surface area contributed by atoms with Crippen LogP contribution in [0.3, 0.4) is 0 Å². The van der Waals surface area contributed by atoms with Crippen LogP contribution in [0.15, 0.2) is 30.3 Å². The fraction of sp³-hybridized carbons (Fsp3) is 0.611. The van der Waals surface area contributed by atoms with Crippen molar-refractivity contribution in [2.24, 2.45) is 11.8 Å². The summed E-state index contributed by atoms with van der Waals surface area (Å²) in [5.41, 5.74) is 1.21. The number of hydrogen-bond donors (Lipinski definition) is 2. The van der Waals surface area contributed by atoms with Crippen molar-refractivity contribution in [1.82, 2.24) is 10.6 Å². The SMILES string of the molecule is CC(C)CC(NC(=O)CCC1CCNC1)c1ccccc1. The zero-order chi connectivity index (χ0) is 15.1. The monoisotopic (exact) mass is 288 g/mol. The summed E-state index contributed by atoms with van der Waals surface area (Å²) in [6.45, 7) is 6.58. The second kappa shape index (κ2) is 8.18.